The summed E-state index contributed by atoms with van der Waals surface area (Å²) in [5.41, 5.74) is 1.34. The lowest BCUT2D eigenvalue weighted by Gasteiger charge is -2.15. The van der Waals surface area contributed by atoms with Gasteiger partial charge in [0.25, 0.3) is 0 Å². The van der Waals surface area contributed by atoms with Gasteiger partial charge in [-0.15, -0.1) is 0 Å². The molecule has 1 N–H and O–H groups in total. The highest BCUT2D eigenvalue weighted by Crippen LogP contribution is 2.21. The second kappa shape index (κ2) is 13.4. The molecular formula is C20H40O. The fourth-order valence-electron chi connectivity index (χ4n) is 2.97. The number of allylic oxidation sites excluding steroid dienone is 1. The molecule has 0 amide bonds. The van der Waals surface area contributed by atoms with Crippen molar-refractivity contribution in [2.75, 3.05) is 6.61 Å². The minimum Gasteiger partial charge on any atom is -0.392 e. The van der Waals surface area contributed by atoms with E-state index in [0.717, 1.165) is 24.2 Å². The van der Waals surface area contributed by atoms with Gasteiger partial charge in [-0.1, -0.05) is 84.3 Å². The third-order valence-corrected chi connectivity index (χ3v) is 4.58. The molecule has 0 aromatic heterocycles. The normalized spacial score (nSPS) is 15.5. The summed E-state index contributed by atoms with van der Waals surface area (Å²) in [5.74, 6) is 2.63. The Bertz CT molecular complexity index is 255. The maximum absolute atomic E-state index is 8.83. The topological polar surface area (TPSA) is 20.2 Å². The quantitative estimate of drug-likeness (QED) is 0.392. The van der Waals surface area contributed by atoms with Crippen molar-refractivity contribution in [3.8, 4) is 0 Å². The molecule has 0 fully saturated rings. The number of hydrogen-bond donors (Lipinski definition) is 1. The highest BCUT2D eigenvalue weighted by Gasteiger charge is 2.06. The molecule has 0 aliphatic heterocycles. The molecule has 0 bridgehead atoms. The highest BCUT2D eigenvalue weighted by molar-refractivity contribution is 4.97. The third-order valence-electron chi connectivity index (χ3n) is 4.58. The highest BCUT2D eigenvalue weighted by atomic mass is 16.2. The predicted octanol–water partition coefficient (Wildman–Crippen LogP) is 6.36. The van der Waals surface area contributed by atoms with Crippen molar-refractivity contribution in [2.24, 2.45) is 17.8 Å². The molecule has 0 aliphatic carbocycles. The molecule has 0 heterocycles. The van der Waals surface area contributed by atoms with Gasteiger partial charge in [0.1, 0.15) is 0 Å². The monoisotopic (exact) mass is 296 g/mol. The SMILES string of the molecule is C/C(=C/CO)CCC[C@@H](C)CCC[C@@H](C)CCCC(C)C. The molecule has 0 unspecified atom stereocenters. The average Bonchev–Trinajstić information content (AvgIpc) is 2.38. The summed E-state index contributed by atoms with van der Waals surface area (Å²) in [4.78, 5) is 0. The molecule has 0 saturated heterocycles. The first kappa shape index (κ1) is 20.7. The zero-order valence-electron chi connectivity index (χ0n) is 15.3. The van der Waals surface area contributed by atoms with Gasteiger partial charge < -0.3 is 5.11 Å². The first-order chi connectivity index (χ1) is 9.95. The number of rotatable bonds is 13. The van der Waals surface area contributed by atoms with E-state index in [-0.39, 0.29) is 6.61 Å². The van der Waals surface area contributed by atoms with E-state index in [1.54, 1.807) is 0 Å². The van der Waals surface area contributed by atoms with Gasteiger partial charge >= 0.3 is 0 Å². The zero-order chi connectivity index (χ0) is 16.1. The van der Waals surface area contributed by atoms with Gasteiger partial charge in [-0.2, -0.15) is 0 Å². The Hall–Kier alpha value is -0.300. The van der Waals surface area contributed by atoms with E-state index in [2.05, 4.69) is 34.6 Å². The van der Waals surface area contributed by atoms with Crippen LogP contribution >= 0.6 is 0 Å². The molecule has 1 nitrogen and oxygen atoms in total. The summed E-state index contributed by atoms with van der Waals surface area (Å²) in [5, 5.41) is 8.83. The molecule has 0 saturated carbocycles. The van der Waals surface area contributed by atoms with Gasteiger partial charge in [-0.25, -0.2) is 0 Å². The molecule has 0 aromatic carbocycles. The Labute approximate surface area is 134 Å². The summed E-state index contributed by atoms with van der Waals surface area (Å²) < 4.78 is 0. The Morgan fingerprint density at radius 2 is 1.29 bits per heavy atom. The van der Waals surface area contributed by atoms with Crippen LogP contribution in [0.15, 0.2) is 11.6 Å². The molecule has 0 aliphatic rings. The summed E-state index contributed by atoms with van der Waals surface area (Å²) in [6.45, 7) is 11.8. The standard InChI is InChI=1S/C20H40O/c1-17(2)9-6-10-18(3)11-7-12-19(4)13-8-14-20(5)15-16-21/h15,17-19,21H,6-14,16H2,1-5H3/b20-15-/t18-,19-/m0/s1. The first-order valence-electron chi connectivity index (χ1n) is 9.22. The first-order valence-corrected chi connectivity index (χ1v) is 9.22. The lowest BCUT2D eigenvalue weighted by molar-refractivity contribution is 0.341. The smallest absolute Gasteiger partial charge is 0.0614 e. The van der Waals surface area contributed by atoms with Gasteiger partial charge in [-0.3, -0.25) is 0 Å². The molecular weight excluding hydrogens is 256 g/mol. The maximum Gasteiger partial charge on any atom is 0.0614 e. The molecule has 126 valence electrons. The summed E-state index contributed by atoms with van der Waals surface area (Å²) in [7, 11) is 0. The van der Waals surface area contributed by atoms with Crippen LogP contribution in [0.25, 0.3) is 0 Å². The fraction of sp³-hybridized carbons (Fsp3) is 0.900. The molecule has 0 radical (unpaired) electrons. The van der Waals surface area contributed by atoms with E-state index < -0.39 is 0 Å². The summed E-state index contributed by atoms with van der Waals surface area (Å²) >= 11 is 0. The fourth-order valence-corrected chi connectivity index (χ4v) is 2.97. The Balaban J connectivity index is 3.52. The minimum absolute atomic E-state index is 0.191. The predicted molar refractivity (Wildman–Crippen MR) is 95.6 cm³/mol. The Morgan fingerprint density at radius 3 is 1.76 bits per heavy atom. The van der Waals surface area contributed by atoms with Crippen molar-refractivity contribution in [2.45, 2.75) is 92.4 Å². The average molecular weight is 297 g/mol. The molecule has 0 aromatic rings. The van der Waals surface area contributed by atoms with Crippen LogP contribution in [-0.2, 0) is 0 Å². The van der Waals surface area contributed by atoms with Gasteiger partial charge in [-0.05, 0) is 37.5 Å². The Morgan fingerprint density at radius 1 is 0.810 bits per heavy atom. The van der Waals surface area contributed by atoms with E-state index in [9.17, 15) is 0 Å². The van der Waals surface area contributed by atoms with Crippen LogP contribution in [0.5, 0.6) is 0 Å². The van der Waals surface area contributed by atoms with Gasteiger partial charge in [0.2, 0.25) is 0 Å². The lowest BCUT2D eigenvalue weighted by Crippen LogP contribution is -2.00. The van der Waals surface area contributed by atoms with Crippen molar-refractivity contribution < 1.29 is 5.11 Å². The molecule has 21 heavy (non-hydrogen) atoms. The van der Waals surface area contributed by atoms with Crippen molar-refractivity contribution >= 4 is 0 Å². The maximum atomic E-state index is 8.83. The number of hydrogen-bond acceptors (Lipinski definition) is 1. The van der Waals surface area contributed by atoms with E-state index in [1.165, 1.54) is 56.9 Å². The van der Waals surface area contributed by atoms with Crippen LogP contribution in [0.1, 0.15) is 92.4 Å². The summed E-state index contributed by atoms with van der Waals surface area (Å²) in [6, 6.07) is 0. The molecule has 2 atom stereocenters. The van der Waals surface area contributed by atoms with Crippen molar-refractivity contribution in [3.63, 3.8) is 0 Å². The van der Waals surface area contributed by atoms with Gasteiger partial charge in [0.05, 0.1) is 6.61 Å². The largest absolute Gasteiger partial charge is 0.392 e. The van der Waals surface area contributed by atoms with Crippen LogP contribution in [0.4, 0.5) is 0 Å². The van der Waals surface area contributed by atoms with Crippen LogP contribution in [0.3, 0.4) is 0 Å². The number of aliphatic hydroxyl groups excluding tert-OH is 1. The molecule has 1 heteroatoms. The second-order valence-corrected chi connectivity index (χ2v) is 7.59. The van der Waals surface area contributed by atoms with Crippen LogP contribution in [0, 0.1) is 17.8 Å². The van der Waals surface area contributed by atoms with E-state index in [1.807, 2.05) is 6.08 Å². The van der Waals surface area contributed by atoms with Crippen molar-refractivity contribution in [3.05, 3.63) is 11.6 Å². The number of aliphatic hydroxyl groups is 1. The lowest BCUT2D eigenvalue weighted by atomic mass is 9.91. The van der Waals surface area contributed by atoms with Crippen LogP contribution < -0.4 is 0 Å². The minimum atomic E-state index is 0.191. The Kier molecular flexibility index (Phi) is 13.2. The second-order valence-electron chi connectivity index (χ2n) is 7.59. The van der Waals surface area contributed by atoms with E-state index >= 15 is 0 Å². The summed E-state index contributed by atoms with van der Waals surface area (Å²) in [6.07, 6.45) is 14.1. The molecule has 0 rings (SSSR count). The van der Waals surface area contributed by atoms with Crippen LogP contribution in [-0.4, -0.2) is 11.7 Å². The van der Waals surface area contributed by atoms with Crippen molar-refractivity contribution in [1.29, 1.82) is 0 Å². The third kappa shape index (κ3) is 14.4. The van der Waals surface area contributed by atoms with Gasteiger partial charge in [0.15, 0.2) is 0 Å². The zero-order valence-corrected chi connectivity index (χ0v) is 15.3. The van der Waals surface area contributed by atoms with Crippen LogP contribution in [0.2, 0.25) is 0 Å². The van der Waals surface area contributed by atoms with Crippen molar-refractivity contribution in [1.82, 2.24) is 0 Å². The van der Waals surface area contributed by atoms with Gasteiger partial charge in [0, 0.05) is 0 Å². The van der Waals surface area contributed by atoms with E-state index in [0.29, 0.717) is 0 Å². The van der Waals surface area contributed by atoms with E-state index in [4.69, 9.17) is 5.11 Å². The molecule has 0 spiro atoms.